The molecule has 0 aliphatic carbocycles. The molecule has 0 atom stereocenters. The van der Waals surface area contributed by atoms with E-state index in [-0.39, 0.29) is 5.91 Å². The summed E-state index contributed by atoms with van der Waals surface area (Å²) in [5, 5.41) is 4.34. The van der Waals surface area contributed by atoms with Crippen LogP contribution in [0.25, 0.3) is 21.5 Å². The Hall–Kier alpha value is -1.91. The first-order valence-electron chi connectivity index (χ1n) is 8.10. The molecule has 0 spiro atoms. The van der Waals surface area contributed by atoms with Gasteiger partial charge >= 0.3 is 0 Å². The molecule has 0 saturated heterocycles. The zero-order valence-electron chi connectivity index (χ0n) is 13.7. The van der Waals surface area contributed by atoms with Crippen LogP contribution in [0.5, 0.6) is 0 Å². The molecule has 5 heteroatoms. The Morgan fingerprint density at radius 3 is 2.75 bits per heavy atom. The Labute approximate surface area is 150 Å². The average Bonchev–Trinajstić information content (AvgIpc) is 3.08. The molecule has 0 saturated carbocycles. The van der Waals surface area contributed by atoms with Crippen LogP contribution in [0.3, 0.4) is 0 Å². The van der Waals surface area contributed by atoms with Gasteiger partial charge in [-0.1, -0.05) is 25.4 Å². The average molecular weight is 359 g/mol. The molecule has 0 aliphatic rings. The molecule has 0 radical (unpaired) electrons. The Kier molecular flexibility index (Phi) is 5.17. The Morgan fingerprint density at radius 2 is 2.04 bits per heavy atom. The van der Waals surface area contributed by atoms with E-state index in [4.69, 9.17) is 16.6 Å². The van der Waals surface area contributed by atoms with Crippen molar-refractivity contribution in [1.82, 2.24) is 10.3 Å². The van der Waals surface area contributed by atoms with Crippen LogP contribution in [-0.4, -0.2) is 17.4 Å². The quantitative estimate of drug-likeness (QED) is 0.670. The van der Waals surface area contributed by atoms with Gasteiger partial charge in [-0.15, -0.1) is 11.3 Å². The smallest absolute Gasteiger partial charge is 0.252 e. The van der Waals surface area contributed by atoms with Crippen molar-refractivity contribution in [3.05, 3.63) is 51.9 Å². The molecule has 0 aliphatic heterocycles. The van der Waals surface area contributed by atoms with Crippen LogP contribution in [0.4, 0.5) is 0 Å². The van der Waals surface area contributed by atoms with E-state index in [0.29, 0.717) is 17.1 Å². The van der Waals surface area contributed by atoms with Crippen LogP contribution in [0.1, 0.15) is 35.5 Å². The van der Waals surface area contributed by atoms with E-state index >= 15 is 0 Å². The van der Waals surface area contributed by atoms with Gasteiger partial charge in [0.2, 0.25) is 0 Å². The van der Waals surface area contributed by atoms with E-state index in [9.17, 15) is 4.79 Å². The SMILES string of the molecule is CCCNC(=O)c1cc(-c2ccc(CC)s2)nc2ccc(Cl)cc12. The number of nitrogens with zero attached hydrogens (tertiary/aromatic N) is 1. The zero-order valence-corrected chi connectivity index (χ0v) is 15.3. The molecule has 3 aromatic rings. The van der Waals surface area contributed by atoms with Crippen molar-refractivity contribution in [3.8, 4) is 10.6 Å². The molecule has 1 N–H and O–H groups in total. The number of carbonyl (C=O) groups excluding carboxylic acids is 1. The van der Waals surface area contributed by atoms with E-state index in [1.54, 1.807) is 23.5 Å². The van der Waals surface area contributed by atoms with Gasteiger partial charge in [-0.05, 0) is 49.2 Å². The van der Waals surface area contributed by atoms with Crippen molar-refractivity contribution < 1.29 is 4.79 Å². The van der Waals surface area contributed by atoms with Crippen LogP contribution in [0.15, 0.2) is 36.4 Å². The maximum atomic E-state index is 12.6. The minimum atomic E-state index is -0.0833. The minimum absolute atomic E-state index is 0.0833. The van der Waals surface area contributed by atoms with Gasteiger partial charge in [-0.2, -0.15) is 0 Å². The lowest BCUT2D eigenvalue weighted by atomic mass is 10.1. The highest BCUT2D eigenvalue weighted by Gasteiger charge is 2.15. The summed E-state index contributed by atoms with van der Waals surface area (Å²) in [4.78, 5) is 19.7. The number of hydrogen-bond donors (Lipinski definition) is 1. The van der Waals surface area contributed by atoms with Crippen molar-refractivity contribution in [2.75, 3.05) is 6.54 Å². The lowest BCUT2D eigenvalue weighted by Crippen LogP contribution is -2.24. The van der Waals surface area contributed by atoms with Gasteiger partial charge in [0.05, 0.1) is 21.7 Å². The van der Waals surface area contributed by atoms with E-state index < -0.39 is 0 Å². The predicted octanol–water partition coefficient (Wildman–Crippen LogP) is 5.32. The number of pyridine rings is 1. The molecular weight excluding hydrogens is 340 g/mol. The number of carbonyl (C=O) groups is 1. The van der Waals surface area contributed by atoms with Crippen LogP contribution in [0.2, 0.25) is 5.02 Å². The summed E-state index contributed by atoms with van der Waals surface area (Å²) in [7, 11) is 0. The number of hydrogen-bond acceptors (Lipinski definition) is 3. The fourth-order valence-corrected chi connectivity index (χ4v) is 3.63. The lowest BCUT2D eigenvalue weighted by Gasteiger charge is -2.10. The predicted molar refractivity (Wildman–Crippen MR) is 102 cm³/mol. The van der Waals surface area contributed by atoms with Crippen LogP contribution in [0, 0.1) is 0 Å². The third-order valence-corrected chi connectivity index (χ3v) is 5.30. The highest BCUT2D eigenvalue weighted by molar-refractivity contribution is 7.15. The summed E-state index contributed by atoms with van der Waals surface area (Å²) in [6.45, 7) is 4.82. The molecule has 124 valence electrons. The van der Waals surface area contributed by atoms with Gasteiger partial charge in [-0.25, -0.2) is 4.98 Å². The number of nitrogens with one attached hydrogen (secondary N) is 1. The summed E-state index contributed by atoms with van der Waals surface area (Å²) in [6, 6.07) is 11.5. The second-order valence-electron chi connectivity index (χ2n) is 5.59. The van der Waals surface area contributed by atoms with E-state index in [1.807, 2.05) is 19.1 Å². The van der Waals surface area contributed by atoms with E-state index in [0.717, 1.165) is 34.3 Å². The molecule has 3 nitrogen and oxygen atoms in total. The third kappa shape index (κ3) is 3.45. The van der Waals surface area contributed by atoms with Crippen LogP contribution < -0.4 is 5.32 Å². The number of amides is 1. The Balaban J connectivity index is 2.14. The first-order chi connectivity index (χ1) is 11.6. The summed E-state index contributed by atoms with van der Waals surface area (Å²) < 4.78 is 0. The van der Waals surface area contributed by atoms with Crippen molar-refractivity contribution in [3.63, 3.8) is 0 Å². The number of thiophene rings is 1. The fraction of sp³-hybridized carbons (Fsp3) is 0.263. The number of aryl methyl sites for hydroxylation is 1. The minimum Gasteiger partial charge on any atom is -0.352 e. The normalized spacial score (nSPS) is 11.0. The number of benzene rings is 1. The second kappa shape index (κ2) is 7.32. The van der Waals surface area contributed by atoms with Gasteiger partial charge in [0.15, 0.2) is 0 Å². The molecular formula is C19H19ClN2OS. The molecule has 2 heterocycles. The highest BCUT2D eigenvalue weighted by atomic mass is 35.5. The maximum absolute atomic E-state index is 12.6. The molecule has 0 bridgehead atoms. The van der Waals surface area contributed by atoms with Gasteiger partial charge in [0, 0.05) is 21.8 Å². The summed E-state index contributed by atoms with van der Waals surface area (Å²) in [5.41, 5.74) is 2.23. The molecule has 0 unspecified atom stereocenters. The first-order valence-corrected chi connectivity index (χ1v) is 9.29. The topological polar surface area (TPSA) is 42.0 Å². The maximum Gasteiger partial charge on any atom is 0.252 e. The van der Waals surface area contributed by atoms with Crippen molar-refractivity contribution in [2.24, 2.45) is 0 Å². The van der Waals surface area contributed by atoms with Crippen molar-refractivity contribution in [1.29, 1.82) is 0 Å². The molecule has 1 amide bonds. The number of aromatic nitrogens is 1. The summed E-state index contributed by atoms with van der Waals surface area (Å²) in [6.07, 6.45) is 1.89. The van der Waals surface area contributed by atoms with Gasteiger partial charge in [0.25, 0.3) is 5.91 Å². The van der Waals surface area contributed by atoms with Crippen LogP contribution in [-0.2, 0) is 6.42 Å². The third-order valence-electron chi connectivity index (χ3n) is 3.81. The van der Waals surface area contributed by atoms with Gasteiger partial charge in [-0.3, -0.25) is 4.79 Å². The summed E-state index contributed by atoms with van der Waals surface area (Å²) in [5.74, 6) is -0.0833. The van der Waals surface area contributed by atoms with Gasteiger partial charge in [0.1, 0.15) is 0 Å². The van der Waals surface area contributed by atoms with E-state index in [2.05, 4.69) is 24.4 Å². The van der Waals surface area contributed by atoms with Crippen molar-refractivity contribution in [2.45, 2.75) is 26.7 Å². The van der Waals surface area contributed by atoms with E-state index in [1.165, 1.54) is 4.88 Å². The molecule has 24 heavy (non-hydrogen) atoms. The zero-order chi connectivity index (χ0) is 17.1. The monoisotopic (exact) mass is 358 g/mol. The highest BCUT2D eigenvalue weighted by Crippen LogP contribution is 2.31. The molecule has 1 aromatic carbocycles. The van der Waals surface area contributed by atoms with Crippen molar-refractivity contribution >= 4 is 39.7 Å². The largest absolute Gasteiger partial charge is 0.352 e. The number of halogens is 1. The Morgan fingerprint density at radius 1 is 1.21 bits per heavy atom. The second-order valence-corrected chi connectivity index (χ2v) is 7.20. The molecule has 0 fully saturated rings. The number of fused-ring (bicyclic) bond motifs is 1. The van der Waals surface area contributed by atoms with Crippen LogP contribution >= 0.6 is 22.9 Å². The standard InChI is InChI=1S/C19H19ClN2OS/c1-3-9-21-19(23)15-11-17(18-8-6-13(4-2)24-18)22-16-7-5-12(20)10-14(15)16/h5-8,10-11H,3-4,9H2,1-2H3,(H,21,23). The van der Waals surface area contributed by atoms with Gasteiger partial charge < -0.3 is 5.32 Å². The molecule has 3 rings (SSSR count). The Bertz CT molecular complexity index is 888. The first kappa shape index (κ1) is 16.9. The fourth-order valence-electron chi connectivity index (χ4n) is 2.55. The number of rotatable bonds is 5. The lowest BCUT2D eigenvalue weighted by molar-refractivity contribution is 0.0955. The summed E-state index contributed by atoms with van der Waals surface area (Å²) >= 11 is 7.84. The molecule has 2 aromatic heterocycles.